The minimum Gasteiger partial charge on any atom is -0.484 e. The van der Waals surface area contributed by atoms with Gasteiger partial charge in [-0.05, 0) is 24.2 Å². The molecule has 0 aromatic heterocycles. The fraction of sp³-hybridized carbons (Fsp3) is 0.500. The summed E-state index contributed by atoms with van der Waals surface area (Å²) in [6, 6.07) is 1.92. The van der Waals surface area contributed by atoms with Crippen LogP contribution < -0.4 is 10.1 Å². The van der Waals surface area contributed by atoms with Gasteiger partial charge in [0, 0.05) is 6.54 Å². The number of benzene rings is 1. The number of alkyl halides is 3. The zero-order valence-electron chi connectivity index (χ0n) is 10.6. The molecule has 0 aliphatic rings. The fourth-order valence-electron chi connectivity index (χ4n) is 1.38. The molecule has 0 amide bonds. The van der Waals surface area contributed by atoms with Crippen molar-refractivity contribution in [1.82, 2.24) is 5.32 Å². The summed E-state index contributed by atoms with van der Waals surface area (Å²) in [7, 11) is 0. The third kappa shape index (κ3) is 4.61. The van der Waals surface area contributed by atoms with E-state index in [1.165, 1.54) is 0 Å². The van der Waals surface area contributed by atoms with E-state index in [2.05, 4.69) is 10.1 Å². The van der Waals surface area contributed by atoms with Gasteiger partial charge in [0.15, 0.2) is 23.5 Å². The summed E-state index contributed by atoms with van der Waals surface area (Å²) in [4.78, 5) is 0. The van der Waals surface area contributed by atoms with Crippen LogP contribution in [0.4, 0.5) is 22.0 Å². The quantitative estimate of drug-likeness (QED) is 0.793. The second-order valence-corrected chi connectivity index (χ2v) is 4.04. The Kier molecular flexibility index (Phi) is 5.70. The van der Waals surface area contributed by atoms with E-state index < -0.39 is 36.3 Å². The molecule has 0 fully saturated rings. The number of hydrogen-bond acceptors (Lipinski definition) is 3. The molecule has 1 aromatic rings. The van der Waals surface area contributed by atoms with Crippen LogP contribution in [0.3, 0.4) is 0 Å². The largest absolute Gasteiger partial charge is 0.484 e. The first kappa shape index (κ1) is 16.6. The van der Waals surface area contributed by atoms with Gasteiger partial charge in [0.2, 0.25) is 0 Å². The zero-order valence-corrected chi connectivity index (χ0v) is 10.6. The number of aliphatic hydroxyl groups excluding tert-OH is 1. The number of aliphatic hydroxyl groups is 1. The molecule has 0 aliphatic heterocycles. The van der Waals surface area contributed by atoms with Crippen LogP contribution in [-0.4, -0.2) is 30.5 Å². The maximum atomic E-state index is 13.5. The van der Waals surface area contributed by atoms with Crippen molar-refractivity contribution in [3.63, 3.8) is 0 Å². The number of rotatable bonds is 6. The summed E-state index contributed by atoms with van der Waals surface area (Å²) >= 11 is 0. The monoisotopic (exact) mass is 299 g/mol. The third-order valence-corrected chi connectivity index (χ3v) is 2.40. The van der Waals surface area contributed by atoms with Crippen LogP contribution in [0, 0.1) is 11.6 Å². The second-order valence-electron chi connectivity index (χ2n) is 4.04. The lowest BCUT2D eigenvalue weighted by atomic mass is 10.2. The van der Waals surface area contributed by atoms with E-state index in [1.807, 2.05) is 6.92 Å². The van der Waals surface area contributed by atoms with E-state index in [0.717, 1.165) is 12.1 Å². The van der Waals surface area contributed by atoms with Crippen molar-refractivity contribution in [2.75, 3.05) is 13.2 Å². The van der Waals surface area contributed by atoms with Crippen LogP contribution in [0.2, 0.25) is 0 Å². The van der Waals surface area contributed by atoms with Crippen molar-refractivity contribution in [2.24, 2.45) is 0 Å². The van der Waals surface area contributed by atoms with Gasteiger partial charge in [0.1, 0.15) is 6.61 Å². The maximum absolute atomic E-state index is 13.5. The predicted octanol–water partition coefficient (Wildman–Crippen LogP) is 2.38. The molecule has 3 nitrogen and oxygen atoms in total. The standard InChI is InChI=1S/C12H14F5NO2/c1-2-18-5-7-3-8(13)11(9(14)4-7)20-6-10(19)12(15,16)17/h3-4,10,18-19H,2,5-6H2,1H3. The minimum absolute atomic E-state index is 0.218. The highest BCUT2D eigenvalue weighted by atomic mass is 19.4. The van der Waals surface area contributed by atoms with Crippen LogP contribution in [0.15, 0.2) is 12.1 Å². The van der Waals surface area contributed by atoms with Crippen LogP contribution in [-0.2, 0) is 6.54 Å². The molecule has 1 rings (SSSR count). The molecule has 1 aromatic carbocycles. The summed E-state index contributed by atoms with van der Waals surface area (Å²) in [6.07, 6.45) is -7.71. The Balaban J connectivity index is 2.76. The first-order valence-electron chi connectivity index (χ1n) is 5.82. The van der Waals surface area contributed by atoms with Gasteiger partial charge in [0.05, 0.1) is 0 Å². The molecule has 0 saturated carbocycles. The van der Waals surface area contributed by atoms with Gasteiger partial charge in [-0.1, -0.05) is 6.92 Å². The van der Waals surface area contributed by atoms with E-state index in [1.54, 1.807) is 0 Å². The van der Waals surface area contributed by atoms with Crippen molar-refractivity contribution in [3.8, 4) is 5.75 Å². The number of halogens is 5. The Bertz CT molecular complexity index is 427. The summed E-state index contributed by atoms with van der Waals surface area (Å²) < 4.78 is 67.5. The second kappa shape index (κ2) is 6.85. The Hall–Kier alpha value is -1.41. The van der Waals surface area contributed by atoms with Crippen molar-refractivity contribution < 1.29 is 31.8 Å². The fourth-order valence-corrected chi connectivity index (χ4v) is 1.38. The Morgan fingerprint density at radius 2 is 1.80 bits per heavy atom. The first-order valence-corrected chi connectivity index (χ1v) is 5.82. The Morgan fingerprint density at radius 1 is 1.25 bits per heavy atom. The lowest BCUT2D eigenvalue weighted by molar-refractivity contribution is -0.211. The minimum atomic E-state index is -4.90. The number of ether oxygens (including phenoxy) is 1. The summed E-state index contributed by atoms with van der Waals surface area (Å²) in [5, 5.41) is 11.5. The molecule has 114 valence electrons. The molecular weight excluding hydrogens is 285 g/mol. The predicted molar refractivity (Wildman–Crippen MR) is 61.3 cm³/mol. The molecule has 1 atom stereocenters. The molecule has 0 spiro atoms. The topological polar surface area (TPSA) is 41.5 Å². The molecule has 1 unspecified atom stereocenters. The van der Waals surface area contributed by atoms with Crippen LogP contribution >= 0.6 is 0 Å². The zero-order chi connectivity index (χ0) is 15.3. The van der Waals surface area contributed by atoms with Crippen molar-refractivity contribution in [3.05, 3.63) is 29.3 Å². The van der Waals surface area contributed by atoms with Gasteiger partial charge in [0.25, 0.3) is 0 Å². The van der Waals surface area contributed by atoms with Crippen LogP contribution in [0.1, 0.15) is 12.5 Å². The molecule has 0 aliphatic carbocycles. The number of hydrogen-bond donors (Lipinski definition) is 2. The van der Waals surface area contributed by atoms with Gasteiger partial charge >= 0.3 is 6.18 Å². The van der Waals surface area contributed by atoms with Crippen LogP contribution in [0.5, 0.6) is 5.75 Å². The highest BCUT2D eigenvalue weighted by Crippen LogP contribution is 2.26. The van der Waals surface area contributed by atoms with Crippen LogP contribution in [0.25, 0.3) is 0 Å². The highest BCUT2D eigenvalue weighted by Gasteiger charge is 2.39. The van der Waals surface area contributed by atoms with Gasteiger partial charge in [-0.15, -0.1) is 0 Å². The molecular formula is C12H14F5NO2. The van der Waals surface area contributed by atoms with E-state index >= 15 is 0 Å². The molecule has 8 heteroatoms. The maximum Gasteiger partial charge on any atom is 0.417 e. The smallest absolute Gasteiger partial charge is 0.417 e. The van der Waals surface area contributed by atoms with Gasteiger partial charge in [-0.25, -0.2) is 8.78 Å². The average Bonchev–Trinajstić information content (AvgIpc) is 2.33. The van der Waals surface area contributed by atoms with E-state index in [0.29, 0.717) is 12.1 Å². The number of nitrogens with one attached hydrogen (secondary N) is 1. The summed E-state index contributed by atoms with van der Waals surface area (Å²) in [5.74, 6) is -3.17. The molecule has 0 heterocycles. The first-order chi connectivity index (χ1) is 9.25. The molecule has 0 saturated heterocycles. The van der Waals surface area contributed by atoms with E-state index in [4.69, 9.17) is 5.11 Å². The molecule has 20 heavy (non-hydrogen) atoms. The summed E-state index contributed by atoms with van der Waals surface area (Å²) in [5.41, 5.74) is 0.297. The van der Waals surface area contributed by atoms with Gasteiger partial charge < -0.3 is 15.2 Å². The van der Waals surface area contributed by atoms with E-state index in [9.17, 15) is 22.0 Å². The Morgan fingerprint density at radius 3 is 2.25 bits per heavy atom. The SMILES string of the molecule is CCNCc1cc(F)c(OCC(O)C(F)(F)F)c(F)c1. The molecule has 0 bridgehead atoms. The molecule has 0 radical (unpaired) electrons. The summed E-state index contributed by atoms with van der Waals surface area (Å²) in [6.45, 7) is 1.35. The van der Waals surface area contributed by atoms with Gasteiger partial charge in [-0.2, -0.15) is 13.2 Å². The normalized spacial score (nSPS) is 13.3. The lowest BCUT2D eigenvalue weighted by Crippen LogP contribution is -2.34. The average molecular weight is 299 g/mol. The van der Waals surface area contributed by atoms with Crippen molar-refractivity contribution in [2.45, 2.75) is 25.7 Å². The van der Waals surface area contributed by atoms with E-state index in [-0.39, 0.29) is 6.54 Å². The highest BCUT2D eigenvalue weighted by molar-refractivity contribution is 5.31. The Labute approximate surface area is 112 Å². The van der Waals surface area contributed by atoms with Gasteiger partial charge in [-0.3, -0.25) is 0 Å². The molecule has 2 N–H and O–H groups in total. The van der Waals surface area contributed by atoms with Crippen molar-refractivity contribution in [1.29, 1.82) is 0 Å². The van der Waals surface area contributed by atoms with Crippen molar-refractivity contribution >= 4 is 0 Å². The lowest BCUT2D eigenvalue weighted by Gasteiger charge is -2.16. The third-order valence-electron chi connectivity index (χ3n) is 2.40.